The molecule has 0 saturated carbocycles. The lowest BCUT2D eigenvalue weighted by Crippen LogP contribution is -2.56. The molecule has 0 spiro atoms. The summed E-state index contributed by atoms with van der Waals surface area (Å²) in [6, 6.07) is 17.0. The number of nitrogens with one attached hydrogen (secondary N) is 1. The van der Waals surface area contributed by atoms with Crippen LogP contribution in [0.2, 0.25) is 0 Å². The van der Waals surface area contributed by atoms with E-state index in [0.29, 0.717) is 51.1 Å². The van der Waals surface area contributed by atoms with E-state index in [1.54, 1.807) is 18.2 Å². The average molecular weight is 566 g/mol. The highest BCUT2D eigenvalue weighted by Gasteiger charge is 2.33. The fourth-order valence-electron chi connectivity index (χ4n) is 6.23. The Morgan fingerprint density at radius 3 is 2.76 bits per heavy atom. The van der Waals surface area contributed by atoms with Crippen LogP contribution in [0.1, 0.15) is 32.6 Å². The van der Waals surface area contributed by atoms with E-state index in [2.05, 4.69) is 77.2 Å². The largest absolute Gasteiger partial charge is 0.481 e. The van der Waals surface area contributed by atoms with Crippen LogP contribution in [0, 0.1) is 28.6 Å². The second-order valence-corrected chi connectivity index (χ2v) is 11.1. The molecule has 2 aromatic rings. The van der Waals surface area contributed by atoms with Crippen molar-refractivity contribution in [3.8, 4) is 17.9 Å². The number of ether oxygens (including phenoxy) is 1. The number of carbonyl (C=O) groups is 1. The van der Waals surface area contributed by atoms with Gasteiger partial charge >= 0.3 is 0 Å². The molecule has 3 heterocycles. The predicted octanol–water partition coefficient (Wildman–Crippen LogP) is 3.87. The van der Waals surface area contributed by atoms with E-state index in [1.807, 2.05) is 4.90 Å². The van der Waals surface area contributed by atoms with Crippen molar-refractivity contribution in [2.45, 2.75) is 44.7 Å². The van der Waals surface area contributed by atoms with Gasteiger partial charge in [0.2, 0.25) is 0 Å². The van der Waals surface area contributed by atoms with E-state index in [4.69, 9.17) is 9.73 Å². The van der Waals surface area contributed by atoms with Crippen LogP contribution >= 0.6 is 0 Å². The average Bonchev–Trinajstić information content (AvgIpc) is 3.43. The number of carbonyl (C=O) groups excluding carboxylic acids is 1. The molecule has 2 atom stereocenters. The molecule has 0 aromatic heterocycles. The van der Waals surface area contributed by atoms with Gasteiger partial charge < -0.3 is 24.3 Å². The topological polar surface area (TPSA) is 99.3 Å². The number of hydrogen-bond acceptors (Lipinski definition) is 7. The van der Waals surface area contributed by atoms with Gasteiger partial charge in [0, 0.05) is 48.9 Å². The van der Waals surface area contributed by atoms with Crippen molar-refractivity contribution >= 4 is 34.6 Å². The van der Waals surface area contributed by atoms with Crippen molar-refractivity contribution in [2.24, 2.45) is 4.99 Å². The van der Waals surface area contributed by atoms with Crippen molar-refractivity contribution in [1.29, 1.82) is 10.7 Å². The van der Waals surface area contributed by atoms with Crippen molar-refractivity contribution in [2.75, 3.05) is 57.8 Å². The van der Waals surface area contributed by atoms with Crippen LogP contribution in [0.25, 0.3) is 10.8 Å². The Labute approximate surface area is 248 Å². The molecule has 0 radical (unpaired) electrons. The summed E-state index contributed by atoms with van der Waals surface area (Å²) in [6.07, 6.45) is 4.72. The van der Waals surface area contributed by atoms with Gasteiger partial charge in [0.1, 0.15) is 12.4 Å². The third-order valence-corrected chi connectivity index (χ3v) is 8.58. The Kier molecular flexibility index (Phi) is 9.41. The lowest BCUT2D eigenvalue weighted by atomic mass is 9.99. The summed E-state index contributed by atoms with van der Waals surface area (Å²) in [5, 5.41) is 21.1. The van der Waals surface area contributed by atoms with Gasteiger partial charge in [0.25, 0.3) is 5.91 Å². The fraction of sp³-hybridized carbons (Fsp3) is 0.455. The van der Waals surface area contributed by atoms with Crippen molar-refractivity contribution in [1.82, 2.24) is 14.7 Å². The molecule has 42 heavy (non-hydrogen) atoms. The second kappa shape index (κ2) is 13.5. The molecule has 2 fully saturated rings. The number of likely N-dealkylation sites (tertiary alicyclic amines) is 1. The Balaban J connectivity index is 1.39. The SMILES string of the molecule is CC#CC(=O)N1CCN(C(=N)C2=C(/N=C/OC[C@@H]3CCCN3C)CN(c3cccc4ccccc34)CC2)CC1CC#N. The number of piperazine rings is 1. The molecule has 9 nitrogen and oxygen atoms in total. The number of fused-ring (bicyclic) bond motifs is 1. The maximum Gasteiger partial charge on any atom is 0.298 e. The number of amides is 1. The Hall–Kier alpha value is -4.34. The normalized spacial score (nSPS) is 21.4. The highest BCUT2D eigenvalue weighted by molar-refractivity contribution is 5.99. The minimum absolute atomic E-state index is 0.198. The molecule has 3 aliphatic heterocycles. The van der Waals surface area contributed by atoms with Gasteiger partial charge in [-0.25, -0.2) is 4.99 Å². The highest BCUT2D eigenvalue weighted by Crippen LogP contribution is 2.32. The first kappa shape index (κ1) is 29.2. The molecular weight excluding hydrogens is 526 g/mol. The van der Waals surface area contributed by atoms with Crippen molar-refractivity contribution < 1.29 is 9.53 Å². The monoisotopic (exact) mass is 565 g/mol. The summed E-state index contributed by atoms with van der Waals surface area (Å²) in [5.74, 6) is 5.42. The minimum atomic E-state index is -0.312. The van der Waals surface area contributed by atoms with E-state index in [-0.39, 0.29) is 18.4 Å². The Morgan fingerprint density at radius 2 is 1.98 bits per heavy atom. The van der Waals surface area contributed by atoms with Gasteiger partial charge in [-0.1, -0.05) is 42.3 Å². The third-order valence-electron chi connectivity index (χ3n) is 8.58. The molecule has 1 unspecified atom stereocenters. The van der Waals surface area contributed by atoms with E-state index in [1.165, 1.54) is 17.2 Å². The number of nitrogens with zero attached hydrogens (tertiary/aromatic N) is 6. The molecule has 0 aliphatic carbocycles. The number of nitriles is 1. The first-order valence-electron chi connectivity index (χ1n) is 14.7. The van der Waals surface area contributed by atoms with Crippen molar-refractivity contribution in [3.63, 3.8) is 0 Å². The fourth-order valence-corrected chi connectivity index (χ4v) is 6.23. The summed E-state index contributed by atoms with van der Waals surface area (Å²) < 4.78 is 5.92. The molecule has 5 rings (SSSR count). The number of hydrogen-bond donors (Lipinski definition) is 1. The zero-order chi connectivity index (χ0) is 29.5. The molecule has 1 amide bonds. The number of aliphatic imine (C=N–C) groups is 1. The number of likely N-dealkylation sites (N-methyl/N-ethyl adjacent to an activating group) is 1. The van der Waals surface area contributed by atoms with E-state index in [9.17, 15) is 15.5 Å². The standard InChI is InChI=1S/C33H39N7O2/c1-3-8-32(41)40-20-19-39(21-26(40)14-16-34)33(35)29-15-18-38(31-13-6-10-25-9-4-5-12-28(25)31)22-30(29)36-24-42-23-27-11-7-17-37(27)2/h4-6,9-10,12-13,24,26-27,35H,7,11,14-15,17-23H2,1-2H3/b35-33?,36-24+/t26?,27-/m0/s1. The molecular formula is C33H39N7O2. The molecule has 1 N–H and O–H groups in total. The van der Waals surface area contributed by atoms with Crippen LogP contribution in [0.15, 0.2) is 58.7 Å². The van der Waals surface area contributed by atoms with E-state index < -0.39 is 0 Å². The second-order valence-electron chi connectivity index (χ2n) is 11.1. The maximum atomic E-state index is 12.6. The van der Waals surface area contributed by atoms with Gasteiger partial charge in [-0.3, -0.25) is 10.2 Å². The van der Waals surface area contributed by atoms with E-state index >= 15 is 0 Å². The van der Waals surface area contributed by atoms with E-state index in [0.717, 1.165) is 36.5 Å². The van der Waals surface area contributed by atoms with Crippen LogP contribution < -0.4 is 4.90 Å². The number of amidine groups is 1. The first-order chi connectivity index (χ1) is 20.5. The third kappa shape index (κ3) is 6.42. The molecule has 2 aromatic carbocycles. The molecule has 218 valence electrons. The summed E-state index contributed by atoms with van der Waals surface area (Å²) in [6.45, 7) is 5.99. The van der Waals surface area contributed by atoms with Gasteiger partial charge in [0.15, 0.2) is 6.40 Å². The van der Waals surface area contributed by atoms with Crippen LogP contribution in [0.3, 0.4) is 0 Å². The summed E-state index contributed by atoms with van der Waals surface area (Å²) in [4.78, 5) is 25.7. The lowest BCUT2D eigenvalue weighted by Gasteiger charge is -2.42. The minimum Gasteiger partial charge on any atom is -0.481 e. The van der Waals surface area contributed by atoms with Crippen LogP contribution in [0.5, 0.6) is 0 Å². The molecule has 0 bridgehead atoms. The van der Waals surface area contributed by atoms with Gasteiger partial charge in [-0.2, -0.15) is 5.26 Å². The summed E-state index contributed by atoms with van der Waals surface area (Å²) >= 11 is 0. The van der Waals surface area contributed by atoms with Crippen LogP contribution in [0.4, 0.5) is 5.69 Å². The maximum absolute atomic E-state index is 12.6. The molecule has 9 heteroatoms. The molecule has 3 aliphatic rings. The molecule has 2 saturated heterocycles. The zero-order valence-electron chi connectivity index (χ0n) is 24.6. The number of rotatable bonds is 7. The smallest absolute Gasteiger partial charge is 0.298 e. The highest BCUT2D eigenvalue weighted by atomic mass is 16.5. The lowest BCUT2D eigenvalue weighted by molar-refractivity contribution is -0.129. The van der Waals surface area contributed by atoms with Gasteiger partial charge in [-0.15, -0.1) is 0 Å². The number of anilines is 1. The Morgan fingerprint density at radius 1 is 1.14 bits per heavy atom. The Bertz CT molecular complexity index is 1480. The van der Waals surface area contributed by atoms with Gasteiger partial charge in [0.05, 0.1) is 30.8 Å². The van der Waals surface area contributed by atoms with Crippen LogP contribution in [-0.2, 0) is 9.53 Å². The summed E-state index contributed by atoms with van der Waals surface area (Å²) in [5.41, 5.74) is 2.84. The first-order valence-corrected chi connectivity index (χ1v) is 14.7. The van der Waals surface area contributed by atoms with Gasteiger partial charge in [-0.05, 0) is 57.2 Å². The summed E-state index contributed by atoms with van der Waals surface area (Å²) in [7, 11) is 2.13. The predicted molar refractivity (Wildman–Crippen MR) is 166 cm³/mol. The zero-order valence-corrected chi connectivity index (χ0v) is 24.6. The van der Waals surface area contributed by atoms with Crippen molar-refractivity contribution in [3.05, 3.63) is 53.7 Å². The quantitative estimate of drug-likeness (QED) is 0.311. The number of benzene rings is 2. The van der Waals surface area contributed by atoms with Crippen LogP contribution in [-0.4, -0.2) is 97.8 Å².